The fourth-order valence-corrected chi connectivity index (χ4v) is 3.56. The molecule has 1 aliphatic heterocycles. The Hall–Kier alpha value is -2.32. The highest BCUT2D eigenvalue weighted by Crippen LogP contribution is 2.31. The number of hydrogen-bond donors (Lipinski definition) is 2. The number of aromatic nitrogens is 2. The summed E-state index contributed by atoms with van der Waals surface area (Å²) in [7, 11) is 0. The highest BCUT2D eigenvalue weighted by atomic mass is 32.1. The van der Waals surface area contributed by atoms with E-state index in [2.05, 4.69) is 44.3 Å². The number of nitroso groups, excluding NO2 is 1. The highest BCUT2D eigenvalue weighted by molar-refractivity contribution is 7.71. The maximum atomic E-state index is 11.2. The van der Waals surface area contributed by atoms with Crippen LogP contribution in [0, 0.1) is 9.68 Å². The number of aromatic amines is 1. The van der Waals surface area contributed by atoms with Crippen LogP contribution in [0.15, 0.2) is 29.4 Å². The largest absolute Gasteiger partial charge is 0.383 e. The Kier molecular flexibility index (Phi) is 5.95. The van der Waals surface area contributed by atoms with Gasteiger partial charge in [0.15, 0.2) is 16.3 Å². The van der Waals surface area contributed by atoms with Crippen LogP contribution in [0.1, 0.15) is 30.9 Å². The average molecular weight is 372 g/mol. The molecule has 3 rings (SSSR count). The number of anilines is 2. The van der Waals surface area contributed by atoms with Crippen LogP contribution in [0.2, 0.25) is 0 Å². The van der Waals surface area contributed by atoms with E-state index in [1.54, 1.807) is 0 Å². The summed E-state index contributed by atoms with van der Waals surface area (Å²) >= 11 is 5.10. The van der Waals surface area contributed by atoms with Crippen molar-refractivity contribution in [2.75, 3.05) is 30.3 Å². The molecule has 0 aliphatic carbocycles. The number of H-pyrrole nitrogens is 1. The van der Waals surface area contributed by atoms with Crippen molar-refractivity contribution in [2.45, 2.75) is 32.9 Å². The standard InChI is InChI=1S/C18H24N6OS/c1-2-24(17-15(22-25)16(19)20-18(26)21-17)12-14-7-5-6-13(10-14)11-23-8-3-4-9-23/h5-7,10H,2-4,8-9,11-12H2,1H3,(H3,19,20,21,26). The minimum atomic E-state index is 0.105. The fourth-order valence-electron chi connectivity index (χ4n) is 3.36. The molecule has 0 radical (unpaired) electrons. The van der Waals surface area contributed by atoms with Gasteiger partial charge in [0.2, 0.25) is 0 Å². The average Bonchev–Trinajstić information content (AvgIpc) is 3.12. The first-order chi connectivity index (χ1) is 12.6. The van der Waals surface area contributed by atoms with Crippen LogP contribution < -0.4 is 10.6 Å². The summed E-state index contributed by atoms with van der Waals surface area (Å²) < 4.78 is 0.242. The van der Waals surface area contributed by atoms with Gasteiger partial charge < -0.3 is 15.6 Å². The number of hydrogen-bond acceptors (Lipinski definition) is 7. The lowest BCUT2D eigenvalue weighted by Gasteiger charge is -2.23. The Labute approximate surface area is 158 Å². The SMILES string of the molecule is CCN(Cc1cccc(CN2CCCC2)c1)c1nc(=S)[nH]c(N)c1N=O. The van der Waals surface area contributed by atoms with E-state index >= 15 is 0 Å². The Balaban J connectivity index is 1.82. The minimum absolute atomic E-state index is 0.105. The third-order valence-electron chi connectivity index (χ3n) is 4.66. The van der Waals surface area contributed by atoms with Crippen molar-refractivity contribution in [3.63, 3.8) is 0 Å². The molecule has 138 valence electrons. The molecule has 1 aromatic heterocycles. The van der Waals surface area contributed by atoms with Crippen LogP contribution in [0.3, 0.4) is 0 Å². The summed E-state index contributed by atoms with van der Waals surface area (Å²) in [6.45, 7) is 6.58. The molecule has 1 saturated heterocycles. The van der Waals surface area contributed by atoms with Crippen LogP contribution in [0.25, 0.3) is 0 Å². The molecular weight excluding hydrogens is 348 g/mol. The molecule has 0 unspecified atom stereocenters. The Morgan fingerprint density at radius 3 is 2.77 bits per heavy atom. The van der Waals surface area contributed by atoms with Gasteiger partial charge in [0.05, 0.1) is 0 Å². The summed E-state index contributed by atoms with van der Waals surface area (Å²) in [6.07, 6.45) is 2.57. The summed E-state index contributed by atoms with van der Waals surface area (Å²) in [5.41, 5.74) is 8.40. The summed E-state index contributed by atoms with van der Waals surface area (Å²) in [6, 6.07) is 8.53. The van der Waals surface area contributed by atoms with Crippen molar-refractivity contribution < 1.29 is 0 Å². The van der Waals surface area contributed by atoms with E-state index in [1.165, 1.54) is 31.5 Å². The lowest BCUT2D eigenvalue weighted by atomic mass is 10.1. The van der Waals surface area contributed by atoms with E-state index in [-0.39, 0.29) is 16.3 Å². The normalized spacial score (nSPS) is 14.5. The minimum Gasteiger partial charge on any atom is -0.383 e. The lowest BCUT2D eigenvalue weighted by molar-refractivity contribution is 0.331. The van der Waals surface area contributed by atoms with Crippen LogP contribution in [-0.4, -0.2) is 34.5 Å². The van der Waals surface area contributed by atoms with Crippen molar-refractivity contribution in [3.8, 4) is 0 Å². The summed E-state index contributed by atoms with van der Waals surface area (Å²) in [4.78, 5) is 22.6. The van der Waals surface area contributed by atoms with Gasteiger partial charge in [-0.15, -0.1) is 4.91 Å². The molecule has 0 saturated carbocycles. The van der Waals surface area contributed by atoms with Gasteiger partial charge in [0.25, 0.3) is 0 Å². The smallest absolute Gasteiger partial charge is 0.200 e. The van der Waals surface area contributed by atoms with E-state index in [1.807, 2.05) is 11.8 Å². The molecule has 8 heteroatoms. The van der Waals surface area contributed by atoms with Crippen LogP contribution in [-0.2, 0) is 13.1 Å². The van der Waals surface area contributed by atoms with Crippen molar-refractivity contribution in [1.29, 1.82) is 0 Å². The van der Waals surface area contributed by atoms with Gasteiger partial charge in [-0.05, 0) is 61.4 Å². The maximum Gasteiger partial charge on any atom is 0.200 e. The van der Waals surface area contributed by atoms with E-state index < -0.39 is 0 Å². The zero-order chi connectivity index (χ0) is 18.5. The number of nitrogens with one attached hydrogen (secondary N) is 1. The summed E-state index contributed by atoms with van der Waals surface area (Å²) in [5, 5.41) is 3.04. The molecular formula is C18H24N6OS. The third kappa shape index (κ3) is 4.25. The van der Waals surface area contributed by atoms with Gasteiger partial charge in [0.1, 0.15) is 5.82 Å². The van der Waals surface area contributed by atoms with Gasteiger partial charge in [-0.2, -0.15) is 0 Å². The zero-order valence-corrected chi connectivity index (χ0v) is 15.8. The van der Waals surface area contributed by atoms with E-state index in [9.17, 15) is 4.91 Å². The number of rotatable bonds is 7. The summed E-state index contributed by atoms with van der Waals surface area (Å²) in [5.74, 6) is 0.574. The van der Waals surface area contributed by atoms with Crippen molar-refractivity contribution in [1.82, 2.24) is 14.9 Å². The van der Waals surface area contributed by atoms with Gasteiger partial charge in [-0.3, -0.25) is 4.90 Å². The molecule has 1 fully saturated rings. The molecule has 0 spiro atoms. The number of benzene rings is 1. The second-order valence-corrected chi connectivity index (χ2v) is 6.92. The van der Waals surface area contributed by atoms with Crippen molar-refractivity contribution >= 4 is 29.5 Å². The molecule has 0 amide bonds. The molecule has 0 atom stereocenters. The molecule has 1 aromatic carbocycles. The van der Waals surface area contributed by atoms with Crippen molar-refractivity contribution in [3.05, 3.63) is 45.1 Å². The molecule has 7 nitrogen and oxygen atoms in total. The van der Waals surface area contributed by atoms with Crippen molar-refractivity contribution in [2.24, 2.45) is 5.18 Å². The number of nitrogens with two attached hydrogens (primary N) is 1. The molecule has 26 heavy (non-hydrogen) atoms. The second-order valence-electron chi connectivity index (χ2n) is 6.54. The van der Waals surface area contributed by atoms with Gasteiger partial charge in [-0.1, -0.05) is 24.3 Å². The maximum absolute atomic E-state index is 11.2. The number of nitrogens with zero attached hydrogens (tertiary/aromatic N) is 4. The molecule has 2 aromatic rings. The second kappa shape index (κ2) is 8.37. The molecule has 1 aliphatic rings. The molecule has 0 bridgehead atoms. The Morgan fingerprint density at radius 2 is 2.08 bits per heavy atom. The van der Waals surface area contributed by atoms with Gasteiger partial charge in [0, 0.05) is 19.6 Å². The highest BCUT2D eigenvalue weighted by Gasteiger charge is 2.17. The number of likely N-dealkylation sites (tertiary alicyclic amines) is 1. The lowest BCUT2D eigenvalue weighted by Crippen LogP contribution is -2.24. The van der Waals surface area contributed by atoms with Crippen LogP contribution in [0.4, 0.5) is 17.3 Å². The van der Waals surface area contributed by atoms with Gasteiger partial charge in [-0.25, -0.2) is 4.98 Å². The van der Waals surface area contributed by atoms with Crippen LogP contribution >= 0.6 is 12.2 Å². The van der Waals surface area contributed by atoms with E-state index in [4.69, 9.17) is 18.0 Å². The zero-order valence-electron chi connectivity index (χ0n) is 14.9. The Morgan fingerprint density at radius 1 is 1.35 bits per heavy atom. The quantitative estimate of drug-likeness (QED) is 0.568. The molecule has 2 heterocycles. The topological polar surface area (TPSA) is 90.6 Å². The first-order valence-corrected chi connectivity index (χ1v) is 9.29. The predicted molar refractivity (Wildman–Crippen MR) is 107 cm³/mol. The first kappa shape index (κ1) is 18.5. The van der Waals surface area contributed by atoms with Crippen LogP contribution in [0.5, 0.6) is 0 Å². The number of nitrogen functional groups attached to an aromatic ring is 1. The van der Waals surface area contributed by atoms with E-state index in [0.717, 1.165) is 12.1 Å². The van der Waals surface area contributed by atoms with Gasteiger partial charge >= 0.3 is 0 Å². The molecule has 3 N–H and O–H groups in total. The predicted octanol–water partition coefficient (Wildman–Crippen LogP) is 3.74. The fraction of sp³-hybridized carbons (Fsp3) is 0.444. The first-order valence-electron chi connectivity index (χ1n) is 8.89. The third-order valence-corrected chi connectivity index (χ3v) is 4.85. The monoisotopic (exact) mass is 372 g/mol. The van der Waals surface area contributed by atoms with E-state index in [0.29, 0.717) is 18.9 Å². The Bertz CT molecular complexity index is 831.